The van der Waals surface area contributed by atoms with E-state index in [1.54, 1.807) is 22.7 Å². The minimum Gasteiger partial charge on any atom is -0.244 e. The number of thiophene rings is 1. The summed E-state index contributed by atoms with van der Waals surface area (Å²) in [6, 6.07) is 0. The topological polar surface area (TPSA) is 25.8 Å². The van der Waals surface area contributed by atoms with E-state index in [9.17, 15) is 0 Å². The summed E-state index contributed by atoms with van der Waals surface area (Å²) in [7, 11) is 0. The second kappa shape index (κ2) is 4.33. The summed E-state index contributed by atoms with van der Waals surface area (Å²) >= 11 is 5.20. The van der Waals surface area contributed by atoms with Crippen molar-refractivity contribution >= 4 is 34.0 Å². The molecule has 0 aliphatic heterocycles. The van der Waals surface area contributed by atoms with Crippen molar-refractivity contribution in [3.8, 4) is 21.1 Å². The molecule has 0 saturated heterocycles. The molecule has 17 heavy (non-hydrogen) atoms. The van der Waals surface area contributed by atoms with Crippen molar-refractivity contribution in [2.45, 2.75) is 13.8 Å². The fourth-order valence-electron chi connectivity index (χ4n) is 1.89. The van der Waals surface area contributed by atoms with Gasteiger partial charge < -0.3 is 0 Å². The Kier molecular flexibility index (Phi) is 2.82. The predicted octanol–water partition coefficient (Wildman–Crippen LogP) is 4.61. The van der Waals surface area contributed by atoms with Gasteiger partial charge in [0.15, 0.2) is 0 Å². The monoisotopic (exact) mass is 278 g/mol. The minimum absolute atomic E-state index is 1.09. The summed E-state index contributed by atoms with van der Waals surface area (Å²) in [4.78, 5) is 11.5. The number of hydrogen-bond acceptors (Lipinski definition) is 5. The third kappa shape index (κ3) is 1.84. The van der Waals surface area contributed by atoms with Crippen LogP contribution in [0.1, 0.15) is 9.75 Å². The summed E-state index contributed by atoms with van der Waals surface area (Å²) in [6.07, 6.45) is 3.72. The maximum absolute atomic E-state index is 4.43. The van der Waals surface area contributed by atoms with Crippen molar-refractivity contribution < 1.29 is 0 Å². The van der Waals surface area contributed by atoms with Crippen LogP contribution in [-0.4, -0.2) is 9.97 Å². The average molecular weight is 278 g/mol. The van der Waals surface area contributed by atoms with E-state index >= 15 is 0 Å². The number of aromatic nitrogens is 2. The van der Waals surface area contributed by atoms with Gasteiger partial charge in [0.05, 0.1) is 0 Å². The first-order chi connectivity index (χ1) is 8.27. The maximum Gasteiger partial charge on any atom is 0.125 e. The molecular weight excluding hydrogens is 268 g/mol. The number of rotatable bonds is 2. The molecule has 0 spiro atoms. The van der Waals surface area contributed by atoms with Crippen LogP contribution < -0.4 is 0 Å². The van der Waals surface area contributed by atoms with E-state index in [1.807, 2.05) is 34.5 Å². The lowest BCUT2D eigenvalue weighted by molar-refractivity contribution is 1.38. The third-order valence-electron chi connectivity index (χ3n) is 2.55. The van der Waals surface area contributed by atoms with E-state index in [2.05, 4.69) is 23.8 Å². The van der Waals surface area contributed by atoms with Crippen molar-refractivity contribution in [3.05, 3.63) is 32.9 Å². The Labute approximate surface area is 112 Å². The number of aryl methyl sites for hydroxylation is 2. The van der Waals surface area contributed by atoms with Crippen LogP contribution in [0.5, 0.6) is 0 Å². The van der Waals surface area contributed by atoms with Crippen molar-refractivity contribution in [2.75, 3.05) is 0 Å². The van der Waals surface area contributed by atoms with Gasteiger partial charge in [0.1, 0.15) is 10.0 Å². The lowest BCUT2D eigenvalue weighted by Gasteiger charge is -2.00. The molecule has 0 aliphatic carbocycles. The Hall–Kier alpha value is -1.04. The smallest absolute Gasteiger partial charge is 0.125 e. The highest BCUT2D eigenvalue weighted by atomic mass is 32.1. The minimum atomic E-state index is 1.09. The molecule has 3 rings (SSSR count). The van der Waals surface area contributed by atoms with Crippen molar-refractivity contribution in [3.63, 3.8) is 0 Å². The normalized spacial score (nSPS) is 10.9. The summed E-state index contributed by atoms with van der Waals surface area (Å²) in [5.41, 5.74) is 2.52. The summed E-state index contributed by atoms with van der Waals surface area (Å²) in [5.74, 6) is 0. The molecule has 3 heterocycles. The van der Waals surface area contributed by atoms with Gasteiger partial charge >= 0.3 is 0 Å². The molecule has 0 bridgehead atoms. The first-order valence-corrected chi connectivity index (χ1v) is 7.74. The van der Waals surface area contributed by atoms with Gasteiger partial charge in [-0.05, 0) is 13.8 Å². The van der Waals surface area contributed by atoms with E-state index in [-0.39, 0.29) is 0 Å². The molecule has 86 valence electrons. The van der Waals surface area contributed by atoms with Gasteiger partial charge in [-0.3, -0.25) is 0 Å². The van der Waals surface area contributed by atoms with Gasteiger partial charge in [-0.25, -0.2) is 9.97 Å². The maximum atomic E-state index is 4.43. The fourth-order valence-corrected chi connectivity index (χ4v) is 4.57. The van der Waals surface area contributed by atoms with Gasteiger partial charge in [-0.1, -0.05) is 0 Å². The average Bonchev–Trinajstić information content (AvgIpc) is 2.98. The molecule has 0 aromatic carbocycles. The van der Waals surface area contributed by atoms with Crippen LogP contribution in [-0.2, 0) is 0 Å². The molecular formula is C12H10N2S3. The molecule has 0 N–H and O–H groups in total. The van der Waals surface area contributed by atoms with Gasteiger partial charge in [0, 0.05) is 44.0 Å². The molecule has 0 atom stereocenters. The zero-order valence-electron chi connectivity index (χ0n) is 9.43. The Balaban J connectivity index is 2.28. The molecule has 2 nitrogen and oxygen atoms in total. The quantitative estimate of drug-likeness (QED) is 0.684. The van der Waals surface area contributed by atoms with Gasteiger partial charge in [-0.15, -0.1) is 34.0 Å². The first kappa shape index (κ1) is 11.1. The van der Waals surface area contributed by atoms with Crippen LogP contribution in [0.15, 0.2) is 23.2 Å². The van der Waals surface area contributed by atoms with Crippen LogP contribution >= 0.6 is 34.0 Å². The number of nitrogens with zero attached hydrogens (tertiary/aromatic N) is 2. The van der Waals surface area contributed by atoms with Gasteiger partial charge in [-0.2, -0.15) is 0 Å². The van der Waals surface area contributed by atoms with Crippen molar-refractivity contribution in [1.29, 1.82) is 0 Å². The molecule has 0 fully saturated rings. The lowest BCUT2D eigenvalue weighted by atomic mass is 10.1. The van der Waals surface area contributed by atoms with Crippen LogP contribution in [0, 0.1) is 13.8 Å². The van der Waals surface area contributed by atoms with E-state index in [1.165, 1.54) is 20.9 Å². The number of thiazole rings is 2. The standard InChI is InChI=1S/C12H10N2S3/c1-7-9(11-13-3-5-15-11)10(8(2)17-7)12-14-4-6-16-12/h3-6H,1-2H3. The molecule has 0 radical (unpaired) electrons. The lowest BCUT2D eigenvalue weighted by Crippen LogP contribution is -1.82. The highest BCUT2D eigenvalue weighted by Gasteiger charge is 2.19. The van der Waals surface area contributed by atoms with Crippen LogP contribution in [0.3, 0.4) is 0 Å². The molecule has 0 amide bonds. The summed E-state index contributed by atoms with van der Waals surface area (Å²) < 4.78 is 0. The van der Waals surface area contributed by atoms with Crippen LogP contribution in [0.2, 0.25) is 0 Å². The van der Waals surface area contributed by atoms with E-state index in [0.717, 1.165) is 10.0 Å². The zero-order chi connectivity index (χ0) is 11.8. The van der Waals surface area contributed by atoms with Crippen molar-refractivity contribution in [1.82, 2.24) is 9.97 Å². The molecule has 0 unspecified atom stereocenters. The molecule has 3 aromatic rings. The van der Waals surface area contributed by atoms with Gasteiger partial charge in [0.25, 0.3) is 0 Å². The molecule has 5 heteroatoms. The Morgan fingerprint density at radius 1 is 0.824 bits per heavy atom. The number of hydrogen-bond donors (Lipinski definition) is 0. The summed E-state index contributed by atoms with van der Waals surface area (Å²) in [5, 5.41) is 6.23. The predicted molar refractivity (Wildman–Crippen MR) is 76.0 cm³/mol. The Bertz CT molecular complexity index is 566. The molecule has 3 aromatic heterocycles. The largest absolute Gasteiger partial charge is 0.244 e. The SMILES string of the molecule is Cc1sc(C)c(-c2nccs2)c1-c1nccs1. The zero-order valence-corrected chi connectivity index (χ0v) is 11.9. The highest BCUT2D eigenvalue weighted by Crippen LogP contribution is 2.43. The first-order valence-electron chi connectivity index (χ1n) is 5.17. The second-order valence-electron chi connectivity index (χ2n) is 3.64. The van der Waals surface area contributed by atoms with E-state index in [0.29, 0.717) is 0 Å². The third-order valence-corrected chi connectivity index (χ3v) is 5.15. The summed E-state index contributed by atoms with van der Waals surface area (Å²) in [6.45, 7) is 4.32. The Morgan fingerprint density at radius 3 is 1.65 bits per heavy atom. The Morgan fingerprint density at radius 2 is 1.29 bits per heavy atom. The molecule has 0 aliphatic rings. The van der Waals surface area contributed by atoms with Crippen LogP contribution in [0.4, 0.5) is 0 Å². The second-order valence-corrected chi connectivity index (χ2v) is 6.86. The van der Waals surface area contributed by atoms with E-state index < -0.39 is 0 Å². The van der Waals surface area contributed by atoms with Crippen LogP contribution in [0.25, 0.3) is 21.1 Å². The van der Waals surface area contributed by atoms with Crippen molar-refractivity contribution in [2.24, 2.45) is 0 Å². The fraction of sp³-hybridized carbons (Fsp3) is 0.167. The molecule has 0 saturated carbocycles. The highest BCUT2D eigenvalue weighted by molar-refractivity contribution is 7.17. The van der Waals surface area contributed by atoms with E-state index in [4.69, 9.17) is 0 Å². The van der Waals surface area contributed by atoms with Gasteiger partial charge in [0.2, 0.25) is 0 Å².